The van der Waals surface area contributed by atoms with Crippen molar-refractivity contribution < 1.29 is 4.74 Å². The number of hydrogen-bond donors (Lipinski definition) is 1. The van der Waals surface area contributed by atoms with Crippen LogP contribution in [0.25, 0.3) is 0 Å². The maximum atomic E-state index is 5.78. The van der Waals surface area contributed by atoms with Gasteiger partial charge in [-0.15, -0.1) is 0 Å². The van der Waals surface area contributed by atoms with Gasteiger partial charge in [-0.3, -0.25) is 4.90 Å². The summed E-state index contributed by atoms with van der Waals surface area (Å²) in [4.78, 5) is 2.79. The predicted molar refractivity (Wildman–Crippen MR) is 89.7 cm³/mol. The number of nitrogens with zero attached hydrogens (tertiary/aromatic N) is 1. The molecule has 0 radical (unpaired) electrons. The maximum Gasteiger partial charge on any atom is 0.0593 e. The topological polar surface area (TPSA) is 24.5 Å². The zero-order chi connectivity index (χ0) is 15.1. The summed E-state index contributed by atoms with van der Waals surface area (Å²) in [6.45, 7) is 12.2. The summed E-state index contributed by atoms with van der Waals surface area (Å²) in [5, 5.41) is 3.88. The van der Waals surface area contributed by atoms with Gasteiger partial charge in [-0.05, 0) is 25.2 Å². The van der Waals surface area contributed by atoms with Crippen LogP contribution in [-0.4, -0.2) is 49.3 Å². The fourth-order valence-corrected chi connectivity index (χ4v) is 4.05. The van der Waals surface area contributed by atoms with Gasteiger partial charge >= 0.3 is 0 Å². The van der Waals surface area contributed by atoms with Gasteiger partial charge in [0.05, 0.1) is 6.61 Å². The van der Waals surface area contributed by atoms with E-state index in [2.05, 4.69) is 31.0 Å². The summed E-state index contributed by atoms with van der Waals surface area (Å²) in [6, 6.07) is 0.661. The van der Waals surface area contributed by atoms with E-state index >= 15 is 0 Å². The van der Waals surface area contributed by atoms with Gasteiger partial charge in [0.15, 0.2) is 0 Å². The van der Waals surface area contributed by atoms with E-state index in [0.29, 0.717) is 11.6 Å². The lowest BCUT2D eigenvalue weighted by Crippen LogP contribution is -2.66. The Balaban J connectivity index is 1.95. The Morgan fingerprint density at radius 2 is 1.95 bits per heavy atom. The highest BCUT2D eigenvalue weighted by molar-refractivity contribution is 5.01. The number of piperazine rings is 1. The highest BCUT2D eigenvalue weighted by Crippen LogP contribution is 2.36. The molecule has 2 atom stereocenters. The molecule has 2 aliphatic rings. The van der Waals surface area contributed by atoms with Gasteiger partial charge in [-0.2, -0.15) is 0 Å². The van der Waals surface area contributed by atoms with Crippen LogP contribution < -0.4 is 5.32 Å². The van der Waals surface area contributed by atoms with E-state index in [1.807, 2.05) is 0 Å². The molecule has 0 aromatic heterocycles. The lowest BCUT2D eigenvalue weighted by Gasteiger charge is -2.53. The molecule has 1 N–H and O–H groups in total. The second-order valence-corrected chi connectivity index (χ2v) is 7.22. The zero-order valence-electron chi connectivity index (χ0n) is 14.5. The van der Waals surface area contributed by atoms with Crippen molar-refractivity contribution in [3.63, 3.8) is 0 Å². The van der Waals surface area contributed by atoms with Crippen LogP contribution in [0.2, 0.25) is 0 Å². The van der Waals surface area contributed by atoms with Crippen LogP contribution in [0.1, 0.15) is 65.7 Å². The minimum Gasteiger partial charge on any atom is -0.380 e. The number of hydrogen-bond acceptors (Lipinski definition) is 3. The molecule has 1 spiro atoms. The predicted octanol–water partition coefficient (Wildman–Crippen LogP) is 3.44. The summed E-state index contributed by atoms with van der Waals surface area (Å²) in [5.74, 6) is 0.769. The number of nitrogens with one attached hydrogen (secondary N) is 1. The molecule has 124 valence electrons. The van der Waals surface area contributed by atoms with E-state index in [0.717, 1.165) is 32.1 Å². The minimum atomic E-state index is 0.428. The maximum absolute atomic E-state index is 5.78. The molecular weight excluding hydrogens is 260 g/mol. The normalized spacial score (nSPS) is 27.9. The summed E-state index contributed by atoms with van der Waals surface area (Å²) >= 11 is 0. The van der Waals surface area contributed by atoms with Crippen LogP contribution in [0.4, 0.5) is 0 Å². The fourth-order valence-electron chi connectivity index (χ4n) is 4.05. The summed E-state index contributed by atoms with van der Waals surface area (Å²) in [5.41, 5.74) is 0.428. The summed E-state index contributed by atoms with van der Waals surface area (Å²) in [6.07, 6.45) is 9.38. The first-order valence-corrected chi connectivity index (χ1v) is 9.28. The molecule has 21 heavy (non-hydrogen) atoms. The van der Waals surface area contributed by atoms with Crippen molar-refractivity contribution >= 4 is 0 Å². The largest absolute Gasteiger partial charge is 0.380 e. The van der Waals surface area contributed by atoms with Crippen LogP contribution in [0, 0.1) is 5.92 Å². The Morgan fingerprint density at radius 1 is 1.19 bits per heavy atom. The van der Waals surface area contributed by atoms with E-state index in [1.165, 1.54) is 51.6 Å². The van der Waals surface area contributed by atoms with Gasteiger partial charge in [0.25, 0.3) is 0 Å². The fraction of sp³-hybridized carbons (Fsp3) is 1.00. The Kier molecular flexibility index (Phi) is 6.97. The van der Waals surface area contributed by atoms with Gasteiger partial charge in [0, 0.05) is 37.8 Å². The lowest BCUT2D eigenvalue weighted by molar-refractivity contribution is -0.0187. The first-order valence-electron chi connectivity index (χ1n) is 9.28. The first kappa shape index (κ1) is 17.2. The standard InChI is InChI=1S/C18H36N2O/c1-4-12-21-13-11-20-14-17(16(3)5-2)19-15-18(20)9-7-6-8-10-18/h16-17,19H,4-15H2,1-3H3. The molecule has 3 nitrogen and oxygen atoms in total. The van der Waals surface area contributed by atoms with Crippen molar-refractivity contribution in [1.82, 2.24) is 10.2 Å². The first-order chi connectivity index (χ1) is 10.2. The third kappa shape index (κ3) is 4.43. The monoisotopic (exact) mass is 296 g/mol. The van der Waals surface area contributed by atoms with Crippen molar-refractivity contribution in [3.05, 3.63) is 0 Å². The van der Waals surface area contributed by atoms with Crippen molar-refractivity contribution in [2.75, 3.05) is 32.8 Å². The molecule has 2 rings (SSSR count). The van der Waals surface area contributed by atoms with Crippen molar-refractivity contribution in [3.8, 4) is 0 Å². The highest BCUT2D eigenvalue weighted by atomic mass is 16.5. The molecule has 0 bridgehead atoms. The van der Waals surface area contributed by atoms with Gasteiger partial charge in [0.2, 0.25) is 0 Å². The van der Waals surface area contributed by atoms with Crippen LogP contribution in [0.5, 0.6) is 0 Å². The third-order valence-electron chi connectivity index (χ3n) is 5.75. The Morgan fingerprint density at radius 3 is 2.62 bits per heavy atom. The van der Waals surface area contributed by atoms with E-state index in [1.54, 1.807) is 0 Å². The Labute approximate surface area is 131 Å². The van der Waals surface area contributed by atoms with Crippen molar-refractivity contribution in [1.29, 1.82) is 0 Å². The van der Waals surface area contributed by atoms with Crippen LogP contribution in [0.15, 0.2) is 0 Å². The van der Waals surface area contributed by atoms with E-state index in [-0.39, 0.29) is 0 Å². The molecule has 1 aliphatic carbocycles. The molecular formula is C18H36N2O. The second-order valence-electron chi connectivity index (χ2n) is 7.22. The van der Waals surface area contributed by atoms with E-state index in [4.69, 9.17) is 4.74 Å². The van der Waals surface area contributed by atoms with Gasteiger partial charge < -0.3 is 10.1 Å². The third-order valence-corrected chi connectivity index (χ3v) is 5.75. The molecule has 0 aromatic rings. The number of ether oxygens (including phenoxy) is 1. The number of rotatable bonds is 7. The smallest absolute Gasteiger partial charge is 0.0593 e. The average molecular weight is 296 g/mol. The van der Waals surface area contributed by atoms with Crippen LogP contribution in [-0.2, 0) is 4.74 Å². The molecule has 1 saturated carbocycles. The molecule has 1 heterocycles. The molecule has 0 aromatic carbocycles. The van der Waals surface area contributed by atoms with E-state index in [9.17, 15) is 0 Å². The Hall–Kier alpha value is -0.120. The van der Waals surface area contributed by atoms with Gasteiger partial charge in [-0.1, -0.05) is 46.5 Å². The molecule has 2 fully saturated rings. The summed E-state index contributed by atoms with van der Waals surface area (Å²) in [7, 11) is 0. The summed E-state index contributed by atoms with van der Waals surface area (Å²) < 4.78 is 5.78. The highest BCUT2D eigenvalue weighted by Gasteiger charge is 2.42. The van der Waals surface area contributed by atoms with Crippen LogP contribution in [0.3, 0.4) is 0 Å². The molecule has 3 heteroatoms. The lowest BCUT2D eigenvalue weighted by atomic mass is 9.77. The molecule has 1 aliphatic heterocycles. The average Bonchev–Trinajstić information content (AvgIpc) is 2.53. The van der Waals surface area contributed by atoms with Crippen LogP contribution >= 0.6 is 0 Å². The van der Waals surface area contributed by atoms with Crippen molar-refractivity contribution in [2.24, 2.45) is 5.92 Å². The van der Waals surface area contributed by atoms with Gasteiger partial charge in [0.1, 0.15) is 0 Å². The van der Waals surface area contributed by atoms with E-state index < -0.39 is 0 Å². The van der Waals surface area contributed by atoms with Gasteiger partial charge in [-0.25, -0.2) is 0 Å². The Bertz CT molecular complexity index is 289. The SMILES string of the molecule is CCCOCCN1CC(C(C)CC)NCC12CCCCC2. The quantitative estimate of drug-likeness (QED) is 0.728. The second kappa shape index (κ2) is 8.50. The molecule has 1 saturated heterocycles. The minimum absolute atomic E-state index is 0.428. The molecule has 2 unspecified atom stereocenters. The van der Waals surface area contributed by atoms with Crippen molar-refractivity contribution in [2.45, 2.75) is 77.3 Å². The molecule has 0 amide bonds. The zero-order valence-corrected chi connectivity index (χ0v) is 14.5.